The first-order valence-electron chi connectivity index (χ1n) is 7.88. The monoisotopic (exact) mass is 352 g/mol. The van der Waals surface area contributed by atoms with Crippen molar-refractivity contribution >= 4 is 23.1 Å². The fraction of sp³-hybridized carbons (Fsp3) is 0.158. The standard InChI is InChI=1S/C19H16N2O5/c1-11-7-9-12(10-8-11)17(22)15-16(20(2)19(24)18(15)23)13-5-3-4-6-14(13)21(25)26/h3-10,16,22H,1-2H3/t16-/m1/s1. The second-order valence-electron chi connectivity index (χ2n) is 6.09. The van der Waals surface area contributed by atoms with Crippen molar-refractivity contribution in [1.82, 2.24) is 4.90 Å². The number of benzene rings is 2. The molecule has 26 heavy (non-hydrogen) atoms. The maximum atomic E-state index is 12.5. The molecule has 2 aromatic carbocycles. The van der Waals surface area contributed by atoms with Gasteiger partial charge in [0, 0.05) is 18.7 Å². The summed E-state index contributed by atoms with van der Waals surface area (Å²) in [5, 5.41) is 22.1. The molecule has 1 amide bonds. The highest BCUT2D eigenvalue weighted by Crippen LogP contribution is 2.41. The molecule has 1 aliphatic heterocycles. The van der Waals surface area contributed by atoms with Gasteiger partial charge in [-0.25, -0.2) is 0 Å². The molecule has 1 heterocycles. The Morgan fingerprint density at radius 2 is 1.73 bits per heavy atom. The highest BCUT2D eigenvalue weighted by atomic mass is 16.6. The van der Waals surface area contributed by atoms with Gasteiger partial charge < -0.3 is 10.0 Å². The van der Waals surface area contributed by atoms with Crippen LogP contribution in [0.5, 0.6) is 0 Å². The average Bonchev–Trinajstić information content (AvgIpc) is 2.85. The van der Waals surface area contributed by atoms with Crippen molar-refractivity contribution in [3.63, 3.8) is 0 Å². The summed E-state index contributed by atoms with van der Waals surface area (Å²) in [4.78, 5) is 36.6. The summed E-state index contributed by atoms with van der Waals surface area (Å²) < 4.78 is 0. The van der Waals surface area contributed by atoms with Crippen LogP contribution in [0.25, 0.3) is 5.76 Å². The molecular formula is C19H16N2O5. The maximum absolute atomic E-state index is 12.5. The molecule has 0 unspecified atom stereocenters. The van der Waals surface area contributed by atoms with E-state index in [0.29, 0.717) is 5.56 Å². The Morgan fingerprint density at radius 3 is 2.35 bits per heavy atom. The lowest BCUT2D eigenvalue weighted by molar-refractivity contribution is -0.385. The number of nitro groups is 1. The Bertz CT molecular complexity index is 947. The summed E-state index contributed by atoms with van der Waals surface area (Å²) in [6.45, 7) is 1.88. The topological polar surface area (TPSA) is 101 Å². The van der Waals surface area contributed by atoms with E-state index < -0.39 is 22.7 Å². The molecule has 0 saturated carbocycles. The van der Waals surface area contributed by atoms with E-state index in [-0.39, 0.29) is 22.6 Å². The fourth-order valence-corrected chi connectivity index (χ4v) is 3.06. The number of likely N-dealkylation sites (tertiary alicyclic amines) is 1. The number of hydrogen-bond acceptors (Lipinski definition) is 5. The molecule has 0 aromatic heterocycles. The number of carbonyl (C=O) groups is 2. The third-order valence-electron chi connectivity index (χ3n) is 4.43. The molecule has 1 atom stereocenters. The molecule has 0 bridgehead atoms. The van der Waals surface area contributed by atoms with Gasteiger partial charge in [0.05, 0.1) is 22.1 Å². The van der Waals surface area contributed by atoms with Crippen molar-refractivity contribution < 1.29 is 19.6 Å². The molecule has 0 aliphatic carbocycles. The number of Topliss-reactive ketones (excluding diaryl/α,β-unsaturated/α-hetero) is 1. The van der Waals surface area contributed by atoms with Gasteiger partial charge in [-0.15, -0.1) is 0 Å². The third kappa shape index (κ3) is 2.73. The van der Waals surface area contributed by atoms with Crippen molar-refractivity contribution in [2.24, 2.45) is 0 Å². The van der Waals surface area contributed by atoms with Crippen LogP contribution in [-0.2, 0) is 9.59 Å². The van der Waals surface area contributed by atoms with Crippen molar-refractivity contribution in [2.75, 3.05) is 7.05 Å². The summed E-state index contributed by atoms with van der Waals surface area (Å²) in [5.74, 6) is -2.04. The number of rotatable bonds is 3. The predicted molar refractivity (Wildman–Crippen MR) is 94.3 cm³/mol. The SMILES string of the molecule is Cc1ccc(C(O)=C2C(=O)C(=O)N(C)[C@@H]2c2ccccc2[N+](=O)[O-])cc1. The van der Waals surface area contributed by atoms with E-state index >= 15 is 0 Å². The van der Waals surface area contributed by atoms with Crippen LogP contribution in [-0.4, -0.2) is 33.7 Å². The first kappa shape index (κ1) is 17.3. The normalized spacial score (nSPS) is 19.0. The number of aliphatic hydroxyl groups is 1. The minimum absolute atomic E-state index is 0.157. The number of aryl methyl sites for hydroxylation is 1. The number of likely N-dealkylation sites (N-methyl/N-ethyl adjacent to an activating group) is 1. The second-order valence-corrected chi connectivity index (χ2v) is 6.09. The summed E-state index contributed by atoms with van der Waals surface area (Å²) in [5.41, 5.74) is 1.13. The van der Waals surface area contributed by atoms with E-state index in [4.69, 9.17) is 0 Å². The molecule has 132 valence electrons. The Hall–Kier alpha value is -3.48. The second kappa shape index (κ2) is 6.44. The van der Waals surface area contributed by atoms with Gasteiger partial charge in [0.2, 0.25) is 0 Å². The Morgan fingerprint density at radius 1 is 1.12 bits per heavy atom. The van der Waals surface area contributed by atoms with Gasteiger partial charge in [0.15, 0.2) is 0 Å². The van der Waals surface area contributed by atoms with Crippen LogP contribution < -0.4 is 0 Å². The summed E-state index contributed by atoms with van der Waals surface area (Å²) in [6.07, 6.45) is 0. The number of ketones is 1. The number of para-hydroxylation sites is 1. The molecule has 2 aromatic rings. The van der Waals surface area contributed by atoms with Crippen LogP contribution in [0.4, 0.5) is 5.69 Å². The minimum atomic E-state index is -1.03. The molecule has 1 aliphatic rings. The number of nitrogens with zero attached hydrogens (tertiary/aromatic N) is 2. The lowest BCUT2D eigenvalue weighted by Crippen LogP contribution is -2.25. The average molecular weight is 352 g/mol. The minimum Gasteiger partial charge on any atom is -0.507 e. The zero-order valence-electron chi connectivity index (χ0n) is 14.2. The van der Waals surface area contributed by atoms with E-state index in [9.17, 15) is 24.8 Å². The van der Waals surface area contributed by atoms with Gasteiger partial charge in [-0.2, -0.15) is 0 Å². The smallest absolute Gasteiger partial charge is 0.295 e. The highest BCUT2D eigenvalue weighted by molar-refractivity contribution is 6.46. The van der Waals surface area contributed by atoms with Crippen molar-refractivity contribution in [3.05, 3.63) is 80.9 Å². The van der Waals surface area contributed by atoms with Crippen LogP contribution in [0.15, 0.2) is 54.1 Å². The quantitative estimate of drug-likeness (QED) is 0.301. The number of hydrogen-bond donors (Lipinski definition) is 1. The van der Waals surface area contributed by atoms with Gasteiger partial charge >= 0.3 is 0 Å². The largest absolute Gasteiger partial charge is 0.507 e. The molecule has 7 heteroatoms. The summed E-state index contributed by atoms with van der Waals surface area (Å²) >= 11 is 0. The molecule has 7 nitrogen and oxygen atoms in total. The Kier molecular flexibility index (Phi) is 4.29. The molecule has 0 radical (unpaired) electrons. The van der Waals surface area contributed by atoms with Gasteiger partial charge in [0.1, 0.15) is 5.76 Å². The highest BCUT2D eigenvalue weighted by Gasteiger charge is 2.46. The van der Waals surface area contributed by atoms with Gasteiger partial charge in [-0.05, 0) is 13.0 Å². The lowest BCUT2D eigenvalue weighted by Gasteiger charge is -2.20. The molecular weight excluding hydrogens is 336 g/mol. The molecule has 1 N–H and O–H groups in total. The van der Waals surface area contributed by atoms with Crippen LogP contribution >= 0.6 is 0 Å². The van der Waals surface area contributed by atoms with Crippen LogP contribution in [0.2, 0.25) is 0 Å². The van der Waals surface area contributed by atoms with E-state index in [1.54, 1.807) is 30.3 Å². The summed E-state index contributed by atoms with van der Waals surface area (Å²) in [6, 6.07) is 11.6. The van der Waals surface area contributed by atoms with E-state index in [1.165, 1.54) is 25.2 Å². The molecule has 3 rings (SSSR count). The fourth-order valence-electron chi connectivity index (χ4n) is 3.06. The van der Waals surface area contributed by atoms with E-state index in [1.807, 2.05) is 6.92 Å². The van der Waals surface area contributed by atoms with E-state index in [2.05, 4.69) is 0 Å². The van der Waals surface area contributed by atoms with E-state index in [0.717, 1.165) is 10.5 Å². The Labute approximate surface area is 149 Å². The molecule has 1 fully saturated rings. The van der Waals surface area contributed by atoms with Gasteiger partial charge in [-0.3, -0.25) is 19.7 Å². The first-order chi connectivity index (χ1) is 12.3. The number of carbonyl (C=O) groups excluding carboxylic acids is 2. The van der Waals surface area contributed by atoms with Crippen molar-refractivity contribution in [3.8, 4) is 0 Å². The number of nitro benzene ring substituents is 1. The van der Waals surface area contributed by atoms with Crippen molar-refractivity contribution in [1.29, 1.82) is 0 Å². The Balaban J connectivity index is 2.24. The number of aliphatic hydroxyl groups excluding tert-OH is 1. The van der Waals surface area contributed by atoms with Crippen LogP contribution in [0, 0.1) is 17.0 Å². The lowest BCUT2D eigenvalue weighted by atomic mass is 9.94. The predicted octanol–water partition coefficient (Wildman–Crippen LogP) is 2.95. The maximum Gasteiger partial charge on any atom is 0.295 e. The third-order valence-corrected chi connectivity index (χ3v) is 4.43. The number of amides is 1. The first-order valence-corrected chi connectivity index (χ1v) is 7.88. The van der Waals surface area contributed by atoms with Crippen LogP contribution in [0.3, 0.4) is 0 Å². The zero-order valence-corrected chi connectivity index (χ0v) is 14.2. The van der Waals surface area contributed by atoms with Gasteiger partial charge in [0.25, 0.3) is 17.4 Å². The zero-order chi connectivity index (χ0) is 19.0. The van der Waals surface area contributed by atoms with Gasteiger partial charge in [-0.1, -0.05) is 42.0 Å². The summed E-state index contributed by atoms with van der Waals surface area (Å²) in [7, 11) is 1.39. The van der Waals surface area contributed by atoms with Crippen molar-refractivity contribution in [2.45, 2.75) is 13.0 Å². The molecule has 1 saturated heterocycles. The van der Waals surface area contributed by atoms with Crippen LogP contribution in [0.1, 0.15) is 22.7 Å². The molecule has 0 spiro atoms.